The third kappa shape index (κ3) is 4.37. The van der Waals surface area contributed by atoms with Gasteiger partial charge in [-0.25, -0.2) is 4.79 Å². The predicted octanol–water partition coefficient (Wildman–Crippen LogP) is 1.33. The van der Waals surface area contributed by atoms with Crippen LogP contribution in [0.4, 0.5) is 4.79 Å². The first-order valence-corrected chi connectivity index (χ1v) is 9.85. The van der Waals surface area contributed by atoms with Crippen molar-refractivity contribution in [1.29, 1.82) is 0 Å². The first kappa shape index (κ1) is 19.8. The van der Waals surface area contributed by atoms with E-state index in [0.29, 0.717) is 12.8 Å². The lowest BCUT2D eigenvalue weighted by molar-refractivity contribution is -0.147. The van der Waals surface area contributed by atoms with Crippen molar-refractivity contribution in [3.8, 4) is 5.75 Å². The molecular formula is C22H23N3O5. The largest absolute Gasteiger partial charge is 0.508 e. The average molecular weight is 409 g/mol. The highest BCUT2D eigenvalue weighted by Gasteiger charge is 2.46. The number of nitrogens with one attached hydrogen (secondary N) is 2. The molecule has 30 heavy (non-hydrogen) atoms. The lowest BCUT2D eigenvalue weighted by Gasteiger charge is -2.34. The number of carbonyl (C=O) groups excluding carboxylic acids is 3. The number of phenolic OH excluding ortho intramolecular Hbond substituents is 1. The van der Waals surface area contributed by atoms with Gasteiger partial charge in [0.05, 0.1) is 6.04 Å². The van der Waals surface area contributed by atoms with Crippen LogP contribution in [-0.2, 0) is 27.4 Å². The van der Waals surface area contributed by atoms with E-state index in [4.69, 9.17) is 4.74 Å². The molecule has 0 aromatic heterocycles. The molecule has 8 nitrogen and oxygen atoms in total. The molecule has 2 aliphatic heterocycles. The van der Waals surface area contributed by atoms with E-state index in [0.717, 1.165) is 11.1 Å². The van der Waals surface area contributed by atoms with E-state index in [1.807, 2.05) is 30.3 Å². The van der Waals surface area contributed by atoms with E-state index < -0.39 is 18.2 Å². The first-order chi connectivity index (χ1) is 14.5. The molecule has 2 aromatic rings. The van der Waals surface area contributed by atoms with Crippen molar-refractivity contribution in [2.24, 2.45) is 0 Å². The summed E-state index contributed by atoms with van der Waals surface area (Å²) in [7, 11) is 0. The fourth-order valence-electron chi connectivity index (χ4n) is 3.90. The fraction of sp³-hybridized carbons (Fsp3) is 0.318. The summed E-state index contributed by atoms with van der Waals surface area (Å²) in [6.45, 7) is 0.421. The Kier molecular flexibility index (Phi) is 5.56. The maximum Gasteiger partial charge on any atom is 0.407 e. The lowest BCUT2D eigenvalue weighted by Crippen LogP contribution is -2.61. The van der Waals surface area contributed by atoms with Gasteiger partial charge < -0.3 is 25.4 Å². The second kappa shape index (κ2) is 8.44. The molecule has 4 rings (SSSR count). The zero-order chi connectivity index (χ0) is 21.1. The third-order valence-electron chi connectivity index (χ3n) is 5.41. The van der Waals surface area contributed by atoms with Gasteiger partial charge >= 0.3 is 6.09 Å². The van der Waals surface area contributed by atoms with Crippen molar-refractivity contribution in [3.05, 3.63) is 65.7 Å². The Morgan fingerprint density at radius 1 is 1.10 bits per heavy atom. The number of alkyl carbamates (subject to hydrolysis) is 1. The summed E-state index contributed by atoms with van der Waals surface area (Å²) in [6, 6.07) is 14.3. The Hall–Kier alpha value is -3.55. The number of carbonyl (C=O) groups is 3. The van der Waals surface area contributed by atoms with Crippen molar-refractivity contribution >= 4 is 17.9 Å². The highest BCUT2D eigenvalue weighted by Crippen LogP contribution is 2.24. The summed E-state index contributed by atoms with van der Waals surface area (Å²) in [6.07, 6.45) is 0.118. The molecule has 0 unspecified atom stereocenters. The van der Waals surface area contributed by atoms with Crippen LogP contribution in [0.15, 0.2) is 54.6 Å². The van der Waals surface area contributed by atoms with E-state index in [1.54, 1.807) is 24.3 Å². The number of phenols is 1. The standard InChI is InChI=1S/C22H23N3O5/c26-17-8-6-14(7-9-17)10-18-21(28)25-12-16(11-19(25)20(27)24-18)23-22(29)30-13-15-4-2-1-3-5-15/h1-9,16,18-19,26H,10-13H2,(H,23,29)(H,24,27)/t16-,18+,19-/m0/s1. The minimum atomic E-state index is -0.665. The van der Waals surface area contributed by atoms with Gasteiger partial charge in [0, 0.05) is 13.0 Å². The number of benzene rings is 2. The number of aromatic hydroxyl groups is 1. The van der Waals surface area contributed by atoms with Gasteiger partial charge in [-0.3, -0.25) is 9.59 Å². The molecule has 3 amide bonds. The molecule has 156 valence electrons. The van der Waals surface area contributed by atoms with E-state index in [9.17, 15) is 19.5 Å². The third-order valence-corrected chi connectivity index (χ3v) is 5.41. The van der Waals surface area contributed by atoms with E-state index >= 15 is 0 Å². The normalized spacial score (nSPS) is 22.9. The zero-order valence-corrected chi connectivity index (χ0v) is 16.3. The number of nitrogens with zero attached hydrogens (tertiary/aromatic N) is 1. The molecule has 0 bridgehead atoms. The van der Waals surface area contributed by atoms with Crippen molar-refractivity contribution < 1.29 is 24.2 Å². The van der Waals surface area contributed by atoms with Crippen molar-refractivity contribution in [2.75, 3.05) is 6.54 Å². The van der Waals surface area contributed by atoms with Crippen molar-refractivity contribution in [1.82, 2.24) is 15.5 Å². The molecule has 3 N–H and O–H groups in total. The lowest BCUT2D eigenvalue weighted by atomic mass is 10.0. The summed E-state index contributed by atoms with van der Waals surface area (Å²) < 4.78 is 5.23. The average Bonchev–Trinajstić information content (AvgIpc) is 3.17. The summed E-state index contributed by atoms with van der Waals surface area (Å²) >= 11 is 0. The maximum absolute atomic E-state index is 12.9. The number of amides is 3. The molecule has 3 atom stereocenters. The molecule has 2 fully saturated rings. The van der Waals surface area contributed by atoms with Gasteiger partial charge in [-0.1, -0.05) is 42.5 Å². The monoisotopic (exact) mass is 409 g/mol. The smallest absolute Gasteiger partial charge is 0.407 e. The van der Waals surface area contributed by atoms with Crippen molar-refractivity contribution in [2.45, 2.75) is 37.6 Å². The number of piperazine rings is 1. The Bertz CT molecular complexity index is 932. The summed E-state index contributed by atoms with van der Waals surface area (Å²) in [5, 5.41) is 14.9. The maximum atomic E-state index is 12.9. The Balaban J connectivity index is 1.33. The second-order valence-corrected chi connectivity index (χ2v) is 7.58. The molecule has 2 aromatic carbocycles. The number of fused-ring (bicyclic) bond motifs is 1. The van der Waals surface area contributed by atoms with Gasteiger partial charge in [-0.05, 0) is 29.7 Å². The van der Waals surface area contributed by atoms with E-state index in [1.165, 1.54) is 4.90 Å². The molecule has 2 heterocycles. The van der Waals surface area contributed by atoms with Crippen LogP contribution in [0.3, 0.4) is 0 Å². The summed E-state index contributed by atoms with van der Waals surface area (Å²) in [4.78, 5) is 39.1. The van der Waals surface area contributed by atoms with Gasteiger partial charge in [0.1, 0.15) is 24.4 Å². The molecule has 2 aliphatic rings. The number of hydrogen-bond acceptors (Lipinski definition) is 5. The molecule has 0 aliphatic carbocycles. The predicted molar refractivity (Wildman–Crippen MR) is 107 cm³/mol. The van der Waals surface area contributed by atoms with Gasteiger partial charge in [0.15, 0.2) is 0 Å². The van der Waals surface area contributed by atoms with Gasteiger partial charge in [0.25, 0.3) is 0 Å². The zero-order valence-electron chi connectivity index (χ0n) is 16.3. The quantitative estimate of drug-likeness (QED) is 0.691. The molecule has 0 spiro atoms. The van der Waals surface area contributed by atoms with Crippen LogP contribution in [0.5, 0.6) is 5.75 Å². The number of hydrogen-bond donors (Lipinski definition) is 3. The van der Waals surface area contributed by atoms with Crippen LogP contribution in [0.25, 0.3) is 0 Å². The van der Waals surface area contributed by atoms with Crippen molar-refractivity contribution in [3.63, 3.8) is 0 Å². The first-order valence-electron chi connectivity index (χ1n) is 9.85. The number of ether oxygens (including phenoxy) is 1. The Morgan fingerprint density at radius 3 is 2.57 bits per heavy atom. The van der Waals surface area contributed by atoms with Gasteiger partial charge in [-0.15, -0.1) is 0 Å². The highest BCUT2D eigenvalue weighted by atomic mass is 16.5. The van der Waals surface area contributed by atoms with Gasteiger partial charge in [-0.2, -0.15) is 0 Å². The van der Waals surface area contributed by atoms with E-state index in [2.05, 4.69) is 10.6 Å². The summed E-state index contributed by atoms with van der Waals surface area (Å²) in [5.74, 6) is -0.250. The molecular weight excluding hydrogens is 386 g/mol. The minimum absolute atomic E-state index is 0.144. The molecule has 2 saturated heterocycles. The Labute approximate surface area is 173 Å². The van der Waals surface area contributed by atoms with Crippen LogP contribution in [0.2, 0.25) is 0 Å². The molecule has 0 saturated carbocycles. The Morgan fingerprint density at radius 2 is 1.83 bits per heavy atom. The van der Waals surface area contributed by atoms with Crippen LogP contribution in [0.1, 0.15) is 17.5 Å². The van der Waals surface area contributed by atoms with Crippen LogP contribution < -0.4 is 10.6 Å². The topological polar surface area (TPSA) is 108 Å². The summed E-state index contributed by atoms with van der Waals surface area (Å²) in [5.41, 5.74) is 1.71. The van der Waals surface area contributed by atoms with Gasteiger partial charge in [0.2, 0.25) is 11.8 Å². The highest BCUT2D eigenvalue weighted by molar-refractivity contribution is 5.97. The molecule has 0 radical (unpaired) electrons. The number of rotatable bonds is 5. The minimum Gasteiger partial charge on any atom is -0.508 e. The molecule has 8 heteroatoms. The van der Waals surface area contributed by atoms with E-state index in [-0.39, 0.29) is 36.8 Å². The second-order valence-electron chi connectivity index (χ2n) is 7.58. The fourth-order valence-corrected chi connectivity index (χ4v) is 3.90. The SMILES string of the molecule is O=C(N[C@H]1C[C@H]2C(=O)N[C@H](Cc3ccc(O)cc3)C(=O)N2C1)OCc1ccccc1. The van der Waals surface area contributed by atoms with Crippen LogP contribution >= 0.6 is 0 Å². The van der Waals surface area contributed by atoms with Crippen LogP contribution in [0, 0.1) is 0 Å². The van der Waals surface area contributed by atoms with Crippen LogP contribution in [-0.4, -0.2) is 52.6 Å².